The van der Waals surface area contributed by atoms with Gasteiger partial charge in [-0.25, -0.2) is 4.57 Å². The van der Waals surface area contributed by atoms with Gasteiger partial charge in [0.05, 0.1) is 6.34 Å². The van der Waals surface area contributed by atoms with Gasteiger partial charge in [-0.1, -0.05) is 0 Å². The molecule has 0 unspecified atom stereocenters. The number of rotatable bonds is 1. The summed E-state index contributed by atoms with van der Waals surface area (Å²) in [6.45, 7) is 0. The van der Waals surface area contributed by atoms with E-state index in [4.69, 9.17) is 0 Å². The Balaban J connectivity index is 0. The Morgan fingerprint density at radius 1 is 1.83 bits per heavy atom. The molecule has 0 rings (SSSR count). The van der Waals surface area contributed by atoms with Gasteiger partial charge in [-0.2, -0.15) is 4.76 Å². The van der Waals surface area contributed by atoms with Gasteiger partial charge in [-0.05, 0) is 0 Å². The summed E-state index contributed by atoms with van der Waals surface area (Å²) in [7, 11) is -0.276. The molecule has 0 spiro atoms. The Kier molecular flexibility index (Phi) is 14.0. The second kappa shape index (κ2) is 8.92. The Hall–Kier alpha value is 0.102. The monoisotopic (exact) mass is 142 g/mol. The fourth-order valence-electron chi connectivity index (χ4n) is 0.0272. The molecule has 0 heterocycles. The Morgan fingerprint density at radius 2 is 2.33 bits per heavy atom. The zero-order valence-electron chi connectivity index (χ0n) is 2.87. The molecular formula is CH3CrN2OP. The van der Waals surface area contributed by atoms with Crippen LogP contribution in [0.2, 0.25) is 0 Å². The van der Waals surface area contributed by atoms with Crippen molar-refractivity contribution in [1.82, 2.24) is 0 Å². The molecular weight excluding hydrogens is 139 g/mol. The first-order valence-electron chi connectivity index (χ1n) is 0.974. The predicted octanol–water partition coefficient (Wildman–Crippen LogP) is 0.178. The van der Waals surface area contributed by atoms with Gasteiger partial charge in [-0.15, -0.1) is 0 Å². The molecule has 3 nitrogen and oxygen atoms in total. The maximum Gasteiger partial charge on any atom is 0.304 e. The minimum Gasteiger partial charge on any atom is -0.389 e. The quantitative estimate of drug-likeness (QED) is 0.322. The van der Waals surface area contributed by atoms with Crippen LogP contribution in [0.15, 0.2) is 4.76 Å². The molecule has 0 radical (unpaired) electrons. The van der Waals surface area contributed by atoms with E-state index in [0.29, 0.717) is 0 Å². The molecule has 0 aromatic heterocycles. The molecule has 0 aliphatic heterocycles. The van der Waals surface area contributed by atoms with E-state index in [1.165, 1.54) is 0 Å². The topological polar surface area (TPSA) is 55.4 Å². The Morgan fingerprint density at radius 3 is 2.33 bits per heavy atom. The summed E-state index contributed by atoms with van der Waals surface area (Å²) in [4.78, 5) is 0. The van der Waals surface area contributed by atoms with Gasteiger partial charge >= 0.3 is 8.61 Å². The largest absolute Gasteiger partial charge is 0.389 e. The number of nitrogens with two attached hydrogens (primary N) is 1. The van der Waals surface area contributed by atoms with Crippen molar-refractivity contribution in [3.05, 3.63) is 0 Å². The van der Waals surface area contributed by atoms with Crippen molar-refractivity contribution in [2.45, 2.75) is 0 Å². The van der Waals surface area contributed by atoms with Gasteiger partial charge in [0.1, 0.15) is 0 Å². The van der Waals surface area contributed by atoms with Crippen LogP contribution in [0.1, 0.15) is 0 Å². The molecule has 0 fully saturated rings. The van der Waals surface area contributed by atoms with Gasteiger partial charge in [-0.3, -0.25) is 0 Å². The maximum absolute atomic E-state index is 9.22. The second-order valence-corrected chi connectivity index (χ2v) is 0.740. The van der Waals surface area contributed by atoms with Crippen LogP contribution in [0, 0.1) is 0 Å². The molecule has 0 aliphatic rings. The summed E-state index contributed by atoms with van der Waals surface area (Å²) in [5.41, 5.74) is 4.64. The molecule has 2 N–H and O–H groups in total. The molecule has 34 valence electrons. The number of nitrogens with zero attached hydrogens (tertiary/aromatic N) is 1. The van der Waals surface area contributed by atoms with Gasteiger partial charge in [0.15, 0.2) is 0 Å². The van der Waals surface area contributed by atoms with Gasteiger partial charge in [0.25, 0.3) is 0 Å². The Labute approximate surface area is 48.0 Å². The van der Waals surface area contributed by atoms with Crippen LogP contribution in [0.5, 0.6) is 0 Å². The van der Waals surface area contributed by atoms with Crippen LogP contribution in [0.4, 0.5) is 0 Å². The molecule has 0 aromatic rings. The van der Waals surface area contributed by atoms with Crippen molar-refractivity contribution >= 4 is 14.9 Å². The van der Waals surface area contributed by atoms with Crippen molar-refractivity contribution in [2.24, 2.45) is 10.5 Å². The molecule has 0 bridgehead atoms. The van der Waals surface area contributed by atoms with E-state index in [1.807, 2.05) is 0 Å². The Bertz CT molecular complexity index is 55.5. The fourth-order valence-corrected chi connectivity index (χ4v) is 0.0816. The molecule has 6 heavy (non-hydrogen) atoms. The standard InChI is InChI=1S/CH3N2OP.Cr/c2-1-3-5-4;/h1H,(H2,2,3,4);. The van der Waals surface area contributed by atoms with E-state index in [0.717, 1.165) is 6.34 Å². The van der Waals surface area contributed by atoms with Crippen LogP contribution in [0.25, 0.3) is 0 Å². The summed E-state index contributed by atoms with van der Waals surface area (Å²) < 4.78 is 12.3. The summed E-state index contributed by atoms with van der Waals surface area (Å²) >= 11 is 0. The molecule has 0 saturated heterocycles. The first-order chi connectivity index (χ1) is 2.41. The molecule has 0 aliphatic carbocycles. The van der Waals surface area contributed by atoms with E-state index >= 15 is 0 Å². The summed E-state index contributed by atoms with van der Waals surface area (Å²) in [6, 6.07) is 0. The third kappa shape index (κ3) is 8.93. The smallest absolute Gasteiger partial charge is 0.304 e. The average Bonchev–Trinajstić information content (AvgIpc) is 1.41. The third-order valence-electron chi connectivity index (χ3n) is 0.114. The number of hydrogen-bond acceptors (Lipinski definition) is 1. The van der Waals surface area contributed by atoms with Crippen LogP contribution in [-0.2, 0) is 21.9 Å². The van der Waals surface area contributed by atoms with Gasteiger partial charge < -0.3 is 5.73 Å². The summed E-state index contributed by atoms with van der Waals surface area (Å²) in [5.74, 6) is 0. The van der Waals surface area contributed by atoms with Crippen LogP contribution in [-0.4, -0.2) is 6.34 Å². The SMILES string of the molecule is NC=NP=O.[Cr]. The minimum absolute atomic E-state index is 0. The molecule has 0 aromatic carbocycles. The molecule has 0 atom stereocenters. The maximum atomic E-state index is 9.22. The first kappa shape index (κ1) is 9.44. The molecule has 5 heteroatoms. The first-order valence-corrected chi connectivity index (χ1v) is 1.74. The van der Waals surface area contributed by atoms with E-state index in [-0.39, 0.29) is 26.0 Å². The zero-order chi connectivity index (χ0) is 4.12. The summed E-state index contributed by atoms with van der Waals surface area (Å²) in [6.07, 6.45) is 0.981. The van der Waals surface area contributed by atoms with Crippen LogP contribution >= 0.6 is 8.61 Å². The second-order valence-electron chi connectivity index (χ2n) is 0.346. The van der Waals surface area contributed by atoms with Crippen LogP contribution in [0.3, 0.4) is 0 Å². The van der Waals surface area contributed by atoms with Gasteiger partial charge in [0.2, 0.25) is 0 Å². The fraction of sp³-hybridized carbons (Fsp3) is 0. The van der Waals surface area contributed by atoms with Gasteiger partial charge in [0, 0.05) is 17.4 Å². The normalized spacial score (nSPS) is 8.67. The minimum atomic E-state index is -0.276. The molecule has 0 saturated carbocycles. The van der Waals surface area contributed by atoms with E-state index in [1.54, 1.807) is 0 Å². The third-order valence-corrected chi connectivity index (χ3v) is 0.341. The van der Waals surface area contributed by atoms with Crippen molar-refractivity contribution < 1.29 is 21.9 Å². The van der Waals surface area contributed by atoms with Crippen molar-refractivity contribution in [2.75, 3.05) is 0 Å². The summed E-state index contributed by atoms with van der Waals surface area (Å²) in [5, 5.41) is 0. The number of hydrogen-bond donors (Lipinski definition) is 1. The predicted molar refractivity (Wildman–Crippen MR) is 20.3 cm³/mol. The van der Waals surface area contributed by atoms with Crippen molar-refractivity contribution in [1.29, 1.82) is 0 Å². The zero-order valence-corrected chi connectivity index (χ0v) is 5.04. The van der Waals surface area contributed by atoms with E-state index in [2.05, 4.69) is 10.5 Å². The van der Waals surface area contributed by atoms with Crippen LogP contribution < -0.4 is 5.73 Å². The van der Waals surface area contributed by atoms with E-state index < -0.39 is 0 Å². The van der Waals surface area contributed by atoms with Crippen molar-refractivity contribution in [3.8, 4) is 0 Å². The average molecular weight is 142 g/mol. The van der Waals surface area contributed by atoms with Crippen molar-refractivity contribution in [3.63, 3.8) is 0 Å². The van der Waals surface area contributed by atoms with E-state index in [9.17, 15) is 4.57 Å². The molecule has 0 amide bonds.